The van der Waals surface area contributed by atoms with Crippen LogP contribution in [0.25, 0.3) is 155 Å². The molecule has 145 heavy (non-hydrogen) atoms. The average Bonchev–Trinajstić information content (AvgIpc) is 1.22. The predicted octanol–water partition coefficient (Wildman–Crippen LogP) is 37.3. The second-order valence-electron chi connectivity index (χ2n) is 49.5. The Balaban J connectivity index is 0.943. The van der Waals surface area contributed by atoms with Gasteiger partial charge in [0.25, 0.3) is 6.71 Å². The van der Waals surface area contributed by atoms with Gasteiger partial charge < -0.3 is 18.9 Å². The molecule has 5 heteroatoms. The van der Waals surface area contributed by atoms with Gasteiger partial charge in [-0.15, -0.1) is 0 Å². The first-order valence-electron chi connectivity index (χ1n) is 52.4. The van der Waals surface area contributed by atoms with Crippen molar-refractivity contribution in [2.24, 2.45) is 0 Å². The lowest BCUT2D eigenvalue weighted by molar-refractivity contribution is 0.569. The topological polar surface area (TPSA) is 16.3 Å². The molecule has 2 aliphatic heterocycles. The van der Waals surface area contributed by atoms with Crippen molar-refractivity contribution in [2.45, 2.75) is 209 Å². The number of benzene rings is 18. The number of fused-ring (bicyclic) bond motifs is 10. The third-order valence-corrected chi connectivity index (χ3v) is 31.1. The minimum atomic E-state index is -0.384. The number of rotatable bonds is 13. The maximum absolute atomic E-state index is 2.81. The third kappa shape index (κ3) is 17.3. The van der Waals surface area contributed by atoms with Crippen LogP contribution >= 0.6 is 0 Å². The van der Waals surface area contributed by atoms with Crippen LogP contribution in [0.1, 0.15) is 211 Å². The maximum Gasteiger partial charge on any atom is 0.252 e. The van der Waals surface area contributed by atoms with Gasteiger partial charge in [-0.05, 0) is 316 Å². The number of nitrogens with zero attached hydrogens (tertiary/aromatic N) is 4. The molecule has 0 aliphatic carbocycles. The standard InChI is InChI=1S/C140H135BN4/c1-133(2,3)102-57-65-122-116(78-102)117-79-103(134(4,5)6)58-66-123(117)142(122)110-61-63-120-126(86-110)144(131-112(90-45-33-27-34-46-90)82-108(139(19,20)21)84-114(131)98-55-39-53-96(71-98)94-51-37-49-92(69-94)88-41-29-25-30-42-88)128-75-101(100-73-106(137(13,14)15)77-107(74-100)138(16,17)18)76-129-130(128)141(120)121-64-62-111(143-124-67-59-104(135(7,8)9)80-118(124)119-81-105(136(10,11)12)60-68-125(119)143)87-127(121)145(129)132-113(91-47-35-28-36-48-91)83-109(140(22,23)24)85-115(132)99-56-40-54-97(72-99)95-52-38-50-93(70-95)89-43-31-26-32-44-89/h25-87H,1-24H3. The Morgan fingerprint density at radius 3 is 0.697 bits per heavy atom. The summed E-state index contributed by atoms with van der Waals surface area (Å²) in [7, 11) is 0. The molecule has 0 atom stereocenters. The van der Waals surface area contributed by atoms with Crippen LogP contribution in [0.5, 0.6) is 0 Å². The molecule has 0 saturated heterocycles. The molecule has 0 N–H and O–H groups in total. The number of hydrogen-bond acceptors (Lipinski definition) is 2. The molecule has 0 spiro atoms. The van der Waals surface area contributed by atoms with Gasteiger partial charge in [-0.3, -0.25) is 0 Å². The zero-order valence-corrected chi connectivity index (χ0v) is 89.2. The summed E-state index contributed by atoms with van der Waals surface area (Å²) in [5, 5.41) is 4.98. The van der Waals surface area contributed by atoms with E-state index in [4.69, 9.17) is 0 Å². The molecule has 18 aromatic carbocycles. The lowest BCUT2D eigenvalue weighted by Crippen LogP contribution is -2.61. The summed E-state index contributed by atoms with van der Waals surface area (Å²) in [6, 6.07) is 150. The summed E-state index contributed by atoms with van der Waals surface area (Å²) < 4.78 is 5.21. The largest absolute Gasteiger partial charge is 0.310 e. The van der Waals surface area contributed by atoms with Crippen LogP contribution in [0.2, 0.25) is 0 Å². The first-order chi connectivity index (χ1) is 68.9. The van der Waals surface area contributed by atoms with Crippen molar-refractivity contribution in [2.75, 3.05) is 9.80 Å². The zero-order chi connectivity index (χ0) is 101. The smallest absolute Gasteiger partial charge is 0.252 e. The van der Waals surface area contributed by atoms with E-state index in [-0.39, 0.29) is 50.0 Å². The highest BCUT2D eigenvalue weighted by molar-refractivity contribution is 7.00. The van der Waals surface area contributed by atoms with Crippen molar-refractivity contribution in [3.8, 4) is 112 Å². The van der Waals surface area contributed by atoms with Crippen LogP contribution in [0.15, 0.2) is 382 Å². The van der Waals surface area contributed by atoms with Crippen LogP contribution in [-0.4, -0.2) is 15.8 Å². The highest BCUT2D eigenvalue weighted by atomic mass is 15.2. The van der Waals surface area contributed by atoms with E-state index < -0.39 is 0 Å². The molecule has 718 valence electrons. The molecule has 0 amide bonds. The summed E-state index contributed by atoms with van der Waals surface area (Å²) in [5.74, 6) is 0. The molecule has 22 rings (SSSR count). The fourth-order valence-electron chi connectivity index (χ4n) is 22.5. The van der Waals surface area contributed by atoms with Crippen LogP contribution < -0.4 is 26.2 Å². The minimum absolute atomic E-state index is 0.114. The van der Waals surface area contributed by atoms with E-state index in [0.717, 1.165) is 145 Å². The molecule has 4 nitrogen and oxygen atoms in total. The third-order valence-electron chi connectivity index (χ3n) is 31.1. The van der Waals surface area contributed by atoms with Gasteiger partial charge in [0.2, 0.25) is 0 Å². The molecule has 0 fully saturated rings. The molecule has 20 aromatic rings. The molecule has 0 unspecified atom stereocenters. The van der Waals surface area contributed by atoms with Gasteiger partial charge in [-0.1, -0.05) is 415 Å². The lowest BCUT2D eigenvalue weighted by atomic mass is 9.33. The maximum atomic E-state index is 2.81. The van der Waals surface area contributed by atoms with Gasteiger partial charge in [0.05, 0.1) is 33.4 Å². The summed E-state index contributed by atoms with van der Waals surface area (Å²) in [6.07, 6.45) is 0. The van der Waals surface area contributed by atoms with Crippen LogP contribution in [0.3, 0.4) is 0 Å². The van der Waals surface area contributed by atoms with Crippen molar-refractivity contribution in [1.29, 1.82) is 0 Å². The Labute approximate surface area is 861 Å². The second kappa shape index (κ2) is 35.0. The first-order valence-corrected chi connectivity index (χ1v) is 52.4. The van der Waals surface area contributed by atoms with Gasteiger partial charge >= 0.3 is 0 Å². The highest BCUT2D eigenvalue weighted by Gasteiger charge is 2.47. The Bertz CT molecular complexity index is 7900. The summed E-state index contributed by atoms with van der Waals surface area (Å²) in [4.78, 5) is 5.63. The van der Waals surface area contributed by atoms with Crippen molar-refractivity contribution in [1.82, 2.24) is 9.13 Å². The number of aromatic nitrogens is 2. The highest BCUT2D eigenvalue weighted by Crippen LogP contribution is 2.58. The average molecular weight is 1880 g/mol. The van der Waals surface area contributed by atoms with E-state index in [9.17, 15) is 0 Å². The first kappa shape index (κ1) is 95.1. The fourth-order valence-corrected chi connectivity index (χ4v) is 22.5. The molecular formula is C140H135BN4. The predicted molar refractivity (Wildman–Crippen MR) is 628 cm³/mol. The number of hydrogen-bond donors (Lipinski definition) is 0. The molecular weight excluding hydrogens is 1750 g/mol. The van der Waals surface area contributed by atoms with E-state index in [1.54, 1.807) is 0 Å². The summed E-state index contributed by atoms with van der Waals surface area (Å²) >= 11 is 0. The van der Waals surface area contributed by atoms with E-state index in [0.29, 0.717) is 0 Å². The molecule has 0 radical (unpaired) electrons. The Morgan fingerprint density at radius 1 is 0.166 bits per heavy atom. The van der Waals surface area contributed by atoms with Crippen LogP contribution in [-0.2, 0) is 43.3 Å². The van der Waals surface area contributed by atoms with Crippen molar-refractivity contribution >= 4 is 101 Å². The van der Waals surface area contributed by atoms with Crippen LogP contribution in [0, 0.1) is 0 Å². The van der Waals surface area contributed by atoms with Crippen molar-refractivity contribution in [3.05, 3.63) is 427 Å². The van der Waals surface area contributed by atoms with Crippen molar-refractivity contribution in [3.63, 3.8) is 0 Å². The second-order valence-corrected chi connectivity index (χ2v) is 49.5. The minimum Gasteiger partial charge on any atom is -0.310 e. The summed E-state index contributed by atoms with van der Waals surface area (Å²) in [6.45, 7) is 56.6. The van der Waals surface area contributed by atoms with Gasteiger partial charge in [0, 0.05) is 77.9 Å². The van der Waals surface area contributed by atoms with Crippen molar-refractivity contribution < 1.29 is 0 Å². The van der Waals surface area contributed by atoms with E-state index in [1.807, 2.05) is 0 Å². The fraction of sp³-hybridized carbons (Fsp3) is 0.229. The molecule has 0 bridgehead atoms. The lowest BCUT2D eigenvalue weighted by Gasteiger charge is -2.46. The van der Waals surface area contributed by atoms with Gasteiger partial charge in [0.1, 0.15) is 0 Å². The normalized spacial score (nSPS) is 13.2. The van der Waals surface area contributed by atoms with E-state index in [2.05, 4.69) is 567 Å². The Hall–Kier alpha value is -14.8. The SMILES string of the molecule is CC(C)(C)c1cc(-c2cc3c4c(c2)N(c2c(-c5ccccc5)cc(C(C)(C)C)cc2-c2cccc(-c5cccc(-c6ccccc6)c5)c2)c2cc(-n5c6ccc(C(C)(C)C)cc6c6cc(C(C)(C)C)ccc65)ccc2B4c2ccc(-n4c5ccc(C(C)(C)C)cc5c5cc(C(C)(C)C)ccc54)cc2N3c2c(-c3ccccc3)cc(C(C)(C)C)cc2-c2cccc(-c3cccc(-c4ccccc4)c3)c2)cc(C(C)(C)C)c1. The monoisotopic (exact) mass is 1880 g/mol. The van der Waals surface area contributed by atoms with E-state index in [1.165, 1.54) is 105 Å². The van der Waals surface area contributed by atoms with Gasteiger partial charge in [0.15, 0.2) is 0 Å². The Kier molecular flexibility index (Phi) is 23.0. The Morgan fingerprint density at radius 2 is 0.407 bits per heavy atom. The summed E-state index contributed by atoms with van der Waals surface area (Å²) in [5.41, 5.74) is 46.2. The molecule has 4 heterocycles. The molecule has 2 aromatic heterocycles. The molecule has 0 saturated carbocycles. The van der Waals surface area contributed by atoms with Gasteiger partial charge in [-0.2, -0.15) is 0 Å². The quantitative estimate of drug-likeness (QED) is 0.107. The van der Waals surface area contributed by atoms with E-state index >= 15 is 0 Å². The number of anilines is 6. The van der Waals surface area contributed by atoms with Gasteiger partial charge in [-0.25, -0.2) is 0 Å². The van der Waals surface area contributed by atoms with Crippen LogP contribution in [0.4, 0.5) is 34.1 Å². The molecule has 2 aliphatic rings. The zero-order valence-electron chi connectivity index (χ0n) is 89.2.